The number of rotatable bonds is 6. The van der Waals surface area contributed by atoms with Crippen LogP contribution < -0.4 is 10.1 Å². The number of hydrogen-bond acceptors (Lipinski definition) is 5. The summed E-state index contributed by atoms with van der Waals surface area (Å²) in [5.74, 6) is -0.331. The number of alkyl halides is 3. The molecular weight excluding hydrogens is 406 g/mol. The van der Waals surface area contributed by atoms with Gasteiger partial charge in [-0.05, 0) is 29.3 Å². The minimum absolute atomic E-state index is 0.0750. The Balaban J connectivity index is 2.39. The Hall–Kier alpha value is -1.83. The lowest BCUT2D eigenvalue weighted by atomic mass is 10.2. The van der Waals surface area contributed by atoms with Crippen molar-refractivity contribution in [2.75, 3.05) is 12.4 Å². The molecular formula is C16H18ClF3N3O3P. The molecule has 1 unspecified atom stereocenters. The number of hydrogen-bond donors (Lipinski definition) is 2. The first kappa shape index (κ1) is 21.5. The van der Waals surface area contributed by atoms with Crippen molar-refractivity contribution in [2.24, 2.45) is 0 Å². The number of nitrogens with one attached hydrogen (secondary N) is 1. The minimum Gasteiger partial charge on any atom is -0.495 e. The highest BCUT2D eigenvalue weighted by atomic mass is 35.5. The van der Waals surface area contributed by atoms with E-state index in [1.165, 1.54) is 25.3 Å². The number of halogens is 4. The lowest BCUT2D eigenvalue weighted by Gasteiger charge is -2.18. The highest BCUT2D eigenvalue weighted by Crippen LogP contribution is 2.49. The Kier molecular flexibility index (Phi) is 6.39. The summed E-state index contributed by atoms with van der Waals surface area (Å²) < 4.78 is 56.8. The van der Waals surface area contributed by atoms with Gasteiger partial charge in [0.1, 0.15) is 17.1 Å². The quantitative estimate of drug-likeness (QED) is 0.498. The van der Waals surface area contributed by atoms with E-state index in [1.54, 1.807) is 13.8 Å². The van der Waals surface area contributed by atoms with Crippen LogP contribution in [0.3, 0.4) is 0 Å². The summed E-state index contributed by atoms with van der Waals surface area (Å²) in [7, 11) is -2.06. The zero-order valence-corrected chi connectivity index (χ0v) is 16.4. The van der Waals surface area contributed by atoms with Crippen molar-refractivity contribution in [1.29, 1.82) is 0 Å². The highest BCUT2D eigenvalue weighted by Gasteiger charge is 2.35. The third kappa shape index (κ3) is 5.34. The van der Waals surface area contributed by atoms with Gasteiger partial charge in [0.25, 0.3) is 0 Å². The lowest BCUT2D eigenvalue weighted by Crippen LogP contribution is -2.11. The van der Waals surface area contributed by atoms with Crippen molar-refractivity contribution in [2.45, 2.75) is 31.8 Å². The van der Waals surface area contributed by atoms with Gasteiger partial charge in [-0.25, -0.2) is 4.98 Å². The van der Waals surface area contributed by atoms with Gasteiger partial charge in [0.15, 0.2) is 0 Å². The number of benzene rings is 1. The second-order valence-corrected chi connectivity index (χ2v) is 9.26. The molecule has 0 saturated carbocycles. The van der Waals surface area contributed by atoms with E-state index in [2.05, 4.69) is 15.3 Å². The predicted octanol–water partition coefficient (Wildman–Crippen LogP) is 5.08. The summed E-state index contributed by atoms with van der Waals surface area (Å²) in [6.45, 7) is 3.29. The SMILES string of the molecule is COc1cc(CP(=O)(O)C(C)C)ccc1Nc1nc(Cl)ncc1C(F)(F)F. The van der Waals surface area contributed by atoms with Crippen LogP contribution in [-0.2, 0) is 16.9 Å². The van der Waals surface area contributed by atoms with Gasteiger partial charge in [-0.2, -0.15) is 18.2 Å². The van der Waals surface area contributed by atoms with Crippen LogP contribution >= 0.6 is 19.0 Å². The molecule has 0 aliphatic rings. The number of nitrogens with zero attached hydrogens (tertiary/aromatic N) is 2. The average Bonchev–Trinajstić information content (AvgIpc) is 2.54. The average molecular weight is 424 g/mol. The topological polar surface area (TPSA) is 84.3 Å². The van der Waals surface area contributed by atoms with Crippen molar-refractivity contribution in [3.8, 4) is 5.75 Å². The summed E-state index contributed by atoms with van der Waals surface area (Å²) in [6, 6.07) is 4.47. The van der Waals surface area contributed by atoms with E-state index in [9.17, 15) is 22.6 Å². The van der Waals surface area contributed by atoms with Gasteiger partial charge in [-0.1, -0.05) is 19.9 Å². The van der Waals surface area contributed by atoms with Gasteiger partial charge < -0.3 is 14.9 Å². The summed E-state index contributed by atoms with van der Waals surface area (Å²) in [4.78, 5) is 17.0. The van der Waals surface area contributed by atoms with Gasteiger partial charge >= 0.3 is 6.18 Å². The fourth-order valence-electron chi connectivity index (χ4n) is 2.17. The molecule has 6 nitrogen and oxygen atoms in total. The highest BCUT2D eigenvalue weighted by molar-refractivity contribution is 7.57. The molecule has 0 fully saturated rings. The number of ether oxygens (including phenoxy) is 1. The van der Waals surface area contributed by atoms with Crippen LogP contribution in [0.2, 0.25) is 5.28 Å². The van der Waals surface area contributed by atoms with Crippen LogP contribution in [0.5, 0.6) is 5.75 Å². The van der Waals surface area contributed by atoms with Crippen LogP contribution in [0.15, 0.2) is 24.4 Å². The molecule has 0 bridgehead atoms. The molecule has 11 heteroatoms. The van der Waals surface area contributed by atoms with E-state index in [0.717, 1.165) is 0 Å². The molecule has 0 aliphatic heterocycles. The van der Waals surface area contributed by atoms with Crippen molar-refractivity contribution in [1.82, 2.24) is 9.97 Å². The van der Waals surface area contributed by atoms with Crippen LogP contribution in [0.4, 0.5) is 24.7 Å². The first-order chi connectivity index (χ1) is 12.4. The minimum atomic E-state index is -4.68. The maximum Gasteiger partial charge on any atom is 0.421 e. The van der Waals surface area contributed by atoms with Gasteiger partial charge in [-0.3, -0.25) is 4.57 Å². The van der Waals surface area contributed by atoms with Crippen LogP contribution in [0.1, 0.15) is 25.0 Å². The molecule has 0 spiro atoms. The largest absolute Gasteiger partial charge is 0.495 e. The van der Waals surface area contributed by atoms with Gasteiger partial charge in [0.2, 0.25) is 12.7 Å². The van der Waals surface area contributed by atoms with Crippen molar-refractivity contribution < 1.29 is 27.4 Å². The summed E-state index contributed by atoms with van der Waals surface area (Å²) in [6.07, 6.45) is -4.17. The molecule has 1 heterocycles. The van der Waals surface area contributed by atoms with E-state index >= 15 is 0 Å². The Labute approximate surface area is 159 Å². The molecule has 0 radical (unpaired) electrons. The lowest BCUT2D eigenvalue weighted by molar-refractivity contribution is -0.137. The smallest absolute Gasteiger partial charge is 0.421 e. The molecule has 0 amide bonds. The third-order valence-electron chi connectivity index (χ3n) is 3.80. The maximum absolute atomic E-state index is 13.1. The number of methoxy groups -OCH3 is 1. The fraction of sp³-hybridized carbons (Fsp3) is 0.375. The van der Waals surface area contributed by atoms with Crippen molar-refractivity contribution in [3.05, 3.63) is 40.8 Å². The summed E-state index contributed by atoms with van der Waals surface area (Å²) >= 11 is 5.61. The normalized spacial score (nSPS) is 14.1. The molecule has 2 rings (SSSR count). The first-order valence-electron chi connectivity index (χ1n) is 7.79. The van der Waals surface area contributed by atoms with E-state index in [1.807, 2.05) is 0 Å². The molecule has 1 aromatic heterocycles. The number of anilines is 2. The Morgan fingerprint density at radius 2 is 2.04 bits per heavy atom. The molecule has 2 N–H and O–H groups in total. The standard InChI is InChI=1S/C16H18ClF3N3O3P/c1-9(2)27(24,25)8-10-4-5-12(13(6-10)26-3)22-14-11(16(18,19)20)7-21-15(17)23-14/h4-7,9H,8H2,1-3H3,(H,24,25)(H,21,22,23). The van der Waals surface area contributed by atoms with Crippen LogP contribution in [0, 0.1) is 0 Å². The van der Waals surface area contributed by atoms with E-state index < -0.39 is 30.6 Å². The molecule has 1 atom stereocenters. The second-order valence-electron chi connectivity index (χ2n) is 6.07. The molecule has 0 saturated heterocycles. The predicted molar refractivity (Wildman–Crippen MR) is 97.0 cm³/mol. The molecule has 2 aromatic rings. The summed E-state index contributed by atoms with van der Waals surface area (Å²) in [5, 5.41) is 2.19. The van der Waals surface area contributed by atoms with Crippen LogP contribution in [0.25, 0.3) is 0 Å². The molecule has 0 aliphatic carbocycles. The van der Waals surface area contributed by atoms with Gasteiger partial charge in [0, 0.05) is 18.0 Å². The zero-order valence-electron chi connectivity index (χ0n) is 14.7. The molecule has 1 aromatic carbocycles. The Morgan fingerprint density at radius 1 is 1.37 bits per heavy atom. The van der Waals surface area contributed by atoms with E-state index in [-0.39, 0.29) is 22.9 Å². The number of aromatic nitrogens is 2. The van der Waals surface area contributed by atoms with E-state index in [4.69, 9.17) is 16.3 Å². The van der Waals surface area contributed by atoms with E-state index in [0.29, 0.717) is 11.8 Å². The Morgan fingerprint density at radius 3 is 2.59 bits per heavy atom. The monoisotopic (exact) mass is 423 g/mol. The Bertz CT molecular complexity index is 878. The fourth-order valence-corrected chi connectivity index (χ4v) is 3.39. The van der Waals surface area contributed by atoms with Gasteiger partial charge in [0.05, 0.1) is 12.8 Å². The first-order valence-corrected chi connectivity index (χ1v) is 10.1. The molecule has 148 valence electrons. The maximum atomic E-state index is 13.1. The van der Waals surface area contributed by atoms with Gasteiger partial charge in [-0.15, -0.1) is 0 Å². The van der Waals surface area contributed by atoms with Crippen molar-refractivity contribution >= 4 is 30.5 Å². The molecule has 27 heavy (non-hydrogen) atoms. The second kappa shape index (κ2) is 8.04. The third-order valence-corrected chi connectivity index (χ3v) is 6.41. The van der Waals surface area contributed by atoms with Crippen LogP contribution in [-0.4, -0.2) is 27.6 Å². The van der Waals surface area contributed by atoms with Crippen molar-refractivity contribution in [3.63, 3.8) is 0 Å². The zero-order chi connectivity index (χ0) is 20.4. The summed E-state index contributed by atoms with van der Waals surface area (Å²) in [5.41, 5.74) is -0.788.